The third-order valence-electron chi connectivity index (χ3n) is 31.4. The van der Waals surface area contributed by atoms with E-state index >= 15 is 0 Å². The van der Waals surface area contributed by atoms with Gasteiger partial charge in [-0.05, 0) is 116 Å². The van der Waals surface area contributed by atoms with Gasteiger partial charge in [0.05, 0.1) is 158 Å². The summed E-state index contributed by atoms with van der Waals surface area (Å²) in [5, 5.41) is 0. The second-order valence-electron chi connectivity index (χ2n) is 38.0. The third kappa shape index (κ3) is 19.1. The fraction of sp³-hybridized carbons (Fsp3) is 0.967. The van der Waals surface area contributed by atoms with Gasteiger partial charge in [-0.1, -0.05) is 19.1 Å². The van der Waals surface area contributed by atoms with E-state index in [1.165, 1.54) is 5.57 Å². The topological polar surface area (TPSA) is 331 Å². The molecule has 746 valence electrons. The lowest BCUT2D eigenvalue weighted by Crippen LogP contribution is -2.57. The average molecular weight is 1850 g/mol. The zero-order valence-electron chi connectivity index (χ0n) is 83.8. The van der Waals surface area contributed by atoms with Crippen LogP contribution in [0.25, 0.3) is 0 Å². The molecule has 0 N–H and O–H groups in total. The van der Waals surface area contributed by atoms with Gasteiger partial charge < -0.3 is 166 Å². The van der Waals surface area contributed by atoms with Crippen molar-refractivity contribution in [3.05, 3.63) is 12.2 Å². The first-order chi connectivity index (χ1) is 61.2. The summed E-state index contributed by atoms with van der Waals surface area (Å²) < 4.78 is 190. The minimum atomic E-state index is -0.534. The first-order valence-electron chi connectivity index (χ1n) is 45.5. The van der Waals surface area contributed by atoms with Gasteiger partial charge in [-0.15, -0.1) is 0 Å². The molecule has 8 unspecified atom stereocenters. The van der Waals surface area contributed by atoms with Crippen LogP contribution in [-0.4, -0.2) is 455 Å². The minimum absolute atomic E-state index is 0.00333. The van der Waals surface area contributed by atoms with Crippen molar-refractivity contribution in [2.24, 2.45) is 17.8 Å². The van der Waals surface area contributed by atoms with Gasteiger partial charge in [0.2, 0.25) is 0 Å². The molecule has 0 spiro atoms. The van der Waals surface area contributed by atoms with Gasteiger partial charge in [-0.3, -0.25) is 0 Å². The highest BCUT2D eigenvalue weighted by Crippen LogP contribution is 2.58. The summed E-state index contributed by atoms with van der Waals surface area (Å²) in [5.74, 6) is 1.56. The molecule has 0 amide bonds. The van der Waals surface area contributed by atoms with Crippen molar-refractivity contribution in [2.45, 2.75) is 362 Å². The van der Waals surface area contributed by atoms with E-state index in [2.05, 4.69) is 27.4 Å². The number of carbonyl (C=O) groups is 1. The van der Waals surface area contributed by atoms with Crippen LogP contribution in [0.2, 0.25) is 0 Å². The molecule has 16 heterocycles. The number of methoxy groups -OCH3 is 18. The Balaban J connectivity index is 0.000000163. The summed E-state index contributed by atoms with van der Waals surface area (Å²) in [5.41, 5.74) is -3.20. The monoisotopic (exact) mass is 1850 g/mol. The van der Waals surface area contributed by atoms with Gasteiger partial charge in [-0.25, -0.2) is 0 Å². The number of hydrogen-bond acceptors (Lipinski definition) is 35. The molecule has 2 saturated carbocycles. The lowest BCUT2D eigenvalue weighted by atomic mass is 9.82. The molecule has 16 saturated heterocycles. The van der Waals surface area contributed by atoms with Gasteiger partial charge >= 0.3 is 0 Å². The number of rotatable bonds is 27. The van der Waals surface area contributed by atoms with Crippen LogP contribution in [0.3, 0.4) is 0 Å². The summed E-state index contributed by atoms with van der Waals surface area (Å²) in [6.45, 7) is 44.1. The maximum atomic E-state index is 8.00. The van der Waals surface area contributed by atoms with E-state index in [0.717, 1.165) is 12.8 Å². The number of ether oxygens (including phenoxy) is 34. The molecule has 0 aromatic heterocycles. The normalized spacial score (nSPS) is 49.4. The van der Waals surface area contributed by atoms with Crippen molar-refractivity contribution in [3.8, 4) is 0 Å². The Labute approximate surface area is 771 Å². The summed E-state index contributed by atoms with van der Waals surface area (Å²) in [7, 11) is 42.0. The Kier molecular flexibility index (Phi) is 38.8. The Morgan fingerprint density at radius 3 is 1.20 bits per heavy atom. The zero-order valence-corrected chi connectivity index (χ0v) is 83.8. The fourth-order valence-electron chi connectivity index (χ4n) is 24.9. The van der Waals surface area contributed by atoms with Crippen molar-refractivity contribution < 1.29 is 166 Å². The zero-order chi connectivity index (χ0) is 96.1. The molecule has 18 fully saturated rings. The quantitative estimate of drug-likeness (QED) is 0.0733. The van der Waals surface area contributed by atoms with Crippen molar-refractivity contribution in [3.63, 3.8) is 0 Å². The molecule has 4 radical (unpaired) electrons. The molecule has 35 nitrogen and oxygen atoms in total. The predicted molar refractivity (Wildman–Crippen MR) is 470 cm³/mol. The highest BCUT2D eigenvalue weighted by molar-refractivity contribution is 6.12. The molecule has 16 aliphatic heterocycles. The maximum Gasteiger partial charge on any atom is 0.149 e. The van der Waals surface area contributed by atoms with Crippen LogP contribution in [0.15, 0.2) is 12.2 Å². The van der Waals surface area contributed by atoms with E-state index in [1.807, 2.05) is 96.8 Å². The SMILES string of the molecule is C=C1CC2(COC)O[C@@H](C)C1[C@@H]2OC.C=O.COCC12C[C@H](C)C([C@H](C)O1)[C@@H]2OC.COC[C@@]12O[C@@H](C)[C@@H](O[C@@H]1C)[C@@]2(C)OC.COC[C@@]12O[C@@H](C)[C@@H](O[C@@H]1C)[C@H]2OC.COC[C@]12CO[C@H]([C@H](C)O1)[C@@]2(C)OC.CO[C@@H](C)[C@]12CO[C@H]([C@H](C)O1)[C@H]2OC.CO[C@@H]1[C@@H]2OC[C@@]1([C@@H](C)OC)O[C@H]2C.[B][C@@H]1O[C@@]2(C(C)OC)CO[C@H]1C2OC.[B][C@@H]1O[C@@]2(COC)C(C)O[C@H]1C2OC. The number of fused-ring (bicyclic) bond motifs is 18. The minimum Gasteiger partial charge on any atom is -0.382 e. The van der Waals surface area contributed by atoms with E-state index in [0.29, 0.717) is 89.9 Å². The fourth-order valence-corrected chi connectivity index (χ4v) is 24.9. The Morgan fingerprint density at radius 2 is 0.775 bits per heavy atom. The second-order valence-corrected chi connectivity index (χ2v) is 38.0. The highest BCUT2D eigenvalue weighted by atomic mass is 16.7. The summed E-state index contributed by atoms with van der Waals surface area (Å²) in [6.07, 6.45) is 2.58. The van der Waals surface area contributed by atoms with Crippen LogP contribution >= 0.6 is 0 Å². The first kappa shape index (κ1) is 111. The van der Waals surface area contributed by atoms with E-state index in [4.69, 9.17) is 182 Å². The number of hydrogen-bond donors (Lipinski definition) is 0. The Bertz CT molecular complexity index is 3240. The molecule has 18 bridgehead atoms. The molecule has 0 aromatic carbocycles. The summed E-state index contributed by atoms with van der Waals surface area (Å²) >= 11 is 0. The molecule has 2 aliphatic carbocycles. The predicted octanol–water partition coefficient (Wildman–Crippen LogP) is 5.41. The Hall–Kier alpha value is -1.82. The van der Waals surface area contributed by atoms with Crippen LogP contribution in [0.4, 0.5) is 0 Å². The van der Waals surface area contributed by atoms with Crippen LogP contribution in [0, 0.1) is 17.8 Å². The van der Waals surface area contributed by atoms with Crippen LogP contribution in [0.5, 0.6) is 0 Å². The van der Waals surface area contributed by atoms with E-state index in [1.54, 1.807) is 128 Å². The van der Waals surface area contributed by atoms with Crippen molar-refractivity contribution >= 4 is 22.5 Å². The van der Waals surface area contributed by atoms with Gasteiger partial charge in [0.25, 0.3) is 0 Å². The van der Waals surface area contributed by atoms with Gasteiger partial charge in [0.1, 0.15) is 157 Å². The van der Waals surface area contributed by atoms with Crippen LogP contribution in [0.1, 0.15) is 124 Å². The van der Waals surface area contributed by atoms with Crippen LogP contribution in [-0.2, 0) is 166 Å². The molecular formula is C92H162B2O35. The summed E-state index contributed by atoms with van der Waals surface area (Å²) in [6, 6.07) is -0.822. The second kappa shape index (κ2) is 45.2. The van der Waals surface area contributed by atoms with E-state index < -0.39 is 56.8 Å². The van der Waals surface area contributed by atoms with Gasteiger partial charge in [0.15, 0.2) is 0 Å². The smallest absolute Gasteiger partial charge is 0.149 e. The van der Waals surface area contributed by atoms with Gasteiger partial charge in [-0.2, -0.15) is 0 Å². The van der Waals surface area contributed by atoms with E-state index in [9.17, 15) is 0 Å². The van der Waals surface area contributed by atoms with Crippen molar-refractivity contribution in [1.29, 1.82) is 0 Å². The van der Waals surface area contributed by atoms with E-state index in [-0.39, 0.29) is 176 Å². The lowest BCUT2D eigenvalue weighted by molar-refractivity contribution is -0.201. The van der Waals surface area contributed by atoms with Crippen molar-refractivity contribution in [1.82, 2.24) is 0 Å². The third-order valence-corrected chi connectivity index (χ3v) is 31.4. The number of carbonyl (C=O) groups excluding carboxylic acids is 1. The lowest BCUT2D eigenvalue weighted by Gasteiger charge is -2.38. The van der Waals surface area contributed by atoms with Crippen LogP contribution < -0.4 is 0 Å². The van der Waals surface area contributed by atoms with Gasteiger partial charge in [0, 0.05) is 158 Å². The molecule has 0 aromatic rings. The molecular weight excluding hydrogens is 1690 g/mol. The summed E-state index contributed by atoms with van der Waals surface area (Å²) in [4.78, 5) is 8.00. The molecule has 18 rings (SSSR count). The standard InChI is InChI=1S/C11H20O4.C11H20O3.C11H18O3.4C10H18O4.2C9H15BO4.CH2O/c1-7-9-10(3,13-5)11(15-7,6-12-4)8(2)14-9;2*1-7-5-11(6-12-3)10(13-4)9(7)8(2)14-11;1-7-8-9(2,12-4)10(14-7,5-11-3)6-13-8;2*1-6-8-9(12-4)10(14-6,5-13-8)7(2)11-3;1-6-8-9(12-4)10(14-6,5-11-3)7(2)13-8;1-5(11-2)9-4-13-6(7(9)12-3)8(10)14-9;1-5-9(4-11-2)7(12-3)6(13-5)8(10)14-9;1-2/h7-9H,6H2,1-5H3;7-10H,5-6H2,1-4H3;8-10H,1,5-6H2,2-4H3;7-8H,5-6H2,1-4H3;3*6-9H,5H2,1-4H3;2*5-8H,4H2,1-3H3;1H2/t7-,8+,9+,10+,11+;7-,8-,9?,10-,11?;8-,9?,10-,11?;7-,8+,9+,10+;6-,7+,8+,9+,10-;6-,7-,8+,9+,10-;6-,7+,8+,9+,10+;5?,6-,7?,8+,9+;5?,6-,7?,8+,9-;/m000000000./s1. The largest absolute Gasteiger partial charge is 0.382 e. The molecule has 43 atom stereocenters. The Morgan fingerprint density at radius 1 is 0.364 bits per heavy atom. The maximum absolute atomic E-state index is 8.00. The highest BCUT2D eigenvalue weighted by Gasteiger charge is 2.74. The first-order valence-corrected chi connectivity index (χ1v) is 45.5. The van der Waals surface area contributed by atoms with Crippen molar-refractivity contribution in [2.75, 3.05) is 194 Å². The average Bonchev–Trinajstić information content (AvgIpc) is 1.53. The molecule has 37 heteroatoms. The molecule has 129 heavy (non-hydrogen) atoms. The molecule has 18 aliphatic rings.